The minimum atomic E-state index is -4.54. The topological polar surface area (TPSA) is 95.6 Å². The molecule has 1 fully saturated rings. The van der Waals surface area contributed by atoms with Crippen molar-refractivity contribution in [2.24, 2.45) is 5.92 Å². The molecule has 8 nitrogen and oxygen atoms in total. The van der Waals surface area contributed by atoms with Crippen molar-refractivity contribution in [2.75, 3.05) is 35.4 Å². The van der Waals surface area contributed by atoms with E-state index < -0.39 is 17.6 Å². The van der Waals surface area contributed by atoms with Gasteiger partial charge >= 0.3 is 6.18 Å². The van der Waals surface area contributed by atoms with E-state index in [0.29, 0.717) is 44.0 Å². The Kier molecular flexibility index (Phi) is 7.85. The SMILES string of the molecule is Cc1ccc(NC(=O)c2cccc(C(F)(F)F)c2)cc1N1C=C(c2cnccc2NC(=O)C2CCOCC2)CN1. The van der Waals surface area contributed by atoms with E-state index in [0.717, 1.165) is 34.5 Å². The van der Waals surface area contributed by atoms with Crippen LogP contribution in [0.3, 0.4) is 0 Å². The summed E-state index contributed by atoms with van der Waals surface area (Å²) in [5.74, 6) is -0.788. The van der Waals surface area contributed by atoms with Crippen molar-refractivity contribution in [3.05, 3.63) is 89.4 Å². The summed E-state index contributed by atoms with van der Waals surface area (Å²) >= 11 is 0. The highest BCUT2D eigenvalue weighted by Gasteiger charge is 2.31. The Labute approximate surface area is 229 Å². The van der Waals surface area contributed by atoms with E-state index >= 15 is 0 Å². The van der Waals surface area contributed by atoms with Crippen LogP contribution in [-0.4, -0.2) is 36.6 Å². The van der Waals surface area contributed by atoms with Gasteiger partial charge in [0.2, 0.25) is 5.91 Å². The molecule has 3 heterocycles. The highest BCUT2D eigenvalue weighted by atomic mass is 19.4. The van der Waals surface area contributed by atoms with Gasteiger partial charge in [0.25, 0.3) is 5.91 Å². The van der Waals surface area contributed by atoms with Crippen LogP contribution in [0.15, 0.2) is 67.1 Å². The van der Waals surface area contributed by atoms with Gasteiger partial charge < -0.3 is 15.4 Å². The molecule has 0 bridgehead atoms. The van der Waals surface area contributed by atoms with E-state index in [2.05, 4.69) is 21.0 Å². The number of hydrazine groups is 1. The van der Waals surface area contributed by atoms with Crippen molar-refractivity contribution in [3.63, 3.8) is 0 Å². The summed E-state index contributed by atoms with van der Waals surface area (Å²) in [6, 6.07) is 11.3. The number of hydrogen-bond acceptors (Lipinski definition) is 6. The lowest BCUT2D eigenvalue weighted by Gasteiger charge is -2.22. The molecule has 1 saturated heterocycles. The number of alkyl halides is 3. The van der Waals surface area contributed by atoms with Gasteiger partial charge in [0.05, 0.1) is 16.9 Å². The van der Waals surface area contributed by atoms with Crippen LogP contribution < -0.4 is 21.1 Å². The van der Waals surface area contributed by atoms with Crippen LogP contribution in [0.1, 0.15) is 39.9 Å². The Morgan fingerprint density at radius 1 is 1.07 bits per heavy atom. The summed E-state index contributed by atoms with van der Waals surface area (Å²) in [6.07, 6.45) is 2.05. The molecule has 0 atom stereocenters. The van der Waals surface area contributed by atoms with Crippen molar-refractivity contribution in [2.45, 2.75) is 25.9 Å². The van der Waals surface area contributed by atoms with Gasteiger partial charge in [-0.3, -0.25) is 19.6 Å². The van der Waals surface area contributed by atoms with Gasteiger partial charge in [-0.05, 0) is 67.3 Å². The Morgan fingerprint density at radius 3 is 2.65 bits per heavy atom. The second-order valence-electron chi connectivity index (χ2n) is 9.69. The number of aromatic nitrogens is 1. The van der Waals surface area contributed by atoms with Gasteiger partial charge in [0.15, 0.2) is 0 Å². The largest absolute Gasteiger partial charge is 0.416 e. The van der Waals surface area contributed by atoms with Crippen molar-refractivity contribution in [1.29, 1.82) is 0 Å². The summed E-state index contributed by atoms with van der Waals surface area (Å²) in [6.45, 7) is 3.52. The number of carbonyl (C=O) groups excluding carboxylic acids is 2. The van der Waals surface area contributed by atoms with Gasteiger partial charge in [-0.25, -0.2) is 5.43 Å². The minimum absolute atomic E-state index is 0.0424. The number of ether oxygens (including phenoxy) is 1. The molecule has 11 heteroatoms. The fourth-order valence-corrected chi connectivity index (χ4v) is 4.68. The smallest absolute Gasteiger partial charge is 0.381 e. The summed E-state index contributed by atoms with van der Waals surface area (Å²) in [5, 5.41) is 7.54. The molecule has 2 amide bonds. The molecule has 0 saturated carbocycles. The number of pyridine rings is 1. The molecule has 3 aromatic rings. The molecule has 0 radical (unpaired) electrons. The zero-order valence-electron chi connectivity index (χ0n) is 21.7. The van der Waals surface area contributed by atoms with E-state index in [4.69, 9.17) is 4.74 Å². The second kappa shape index (κ2) is 11.5. The zero-order chi connectivity index (χ0) is 28.3. The van der Waals surface area contributed by atoms with Crippen LogP contribution in [0.4, 0.5) is 30.2 Å². The molecule has 3 N–H and O–H groups in total. The lowest BCUT2D eigenvalue weighted by molar-refractivity contribution is -0.137. The Bertz CT molecular complexity index is 1450. The number of hydrogen-bond donors (Lipinski definition) is 3. The van der Waals surface area contributed by atoms with E-state index in [-0.39, 0.29) is 17.4 Å². The summed E-state index contributed by atoms with van der Waals surface area (Å²) in [5.41, 5.74) is 6.73. The third-order valence-corrected chi connectivity index (χ3v) is 6.92. The van der Waals surface area contributed by atoms with Crippen LogP contribution >= 0.6 is 0 Å². The minimum Gasteiger partial charge on any atom is -0.381 e. The third-order valence-electron chi connectivity index (χ3n) is 6.92. The van der Waals surface area contributed by atoms with Crippen molar-refractivity contribution < 1.29 is 27.5 Å². The van der Waals surface area contributed by atoms with Crippen LogP contribution in [-0.2, 0) is 15.7 Å². The van der Waals surface area contributed by atoms with Gasteiger partial charge in [-0.1, -0.05) is 12.1 Å². The quantitative estimate of drug-likeness (QED) is 0.380. The number of rotatable bonds is 6. The standard InChI is InChI=1S/C29H28F3N5O3/c1-18-5-6-23(35-28(39)20-3-2-4-22(13-20)29(30,31)32)14-26(18)37-17-21(15-34-37)24-16-33-10-7-25(24)36-27(38)19-8-11-40-12-9-19/h2-7,10,13-14,16-17,19,34H,8-9,11-12,15H2,1H3,(H,35,39)(H,33,36,38). The normalized spacial score (nSPS) is 16.0. The Balaban J connectivity index is 1.33. The molecule has 2 aliphatic heterocycles. The molecule has 5 rings (SSSR count). The first-order chi connectivity index (χ1) is 19.2. The molecule has 1 aromatic heterocycles. The first-order valence-corrected chi connectivity index (χ1v) is 12.8. The number of aryl methyl sites for hydroxylation is 1. The Hall–Kier alpha value is -4.22. The van der Waals surface area contributed by atoms with Gasteiger partial charge in [-0.2, -0.15) is 13.2 Å². The predicted molar refractivity (Wildman–Crippen MR) is 145 cm³/mol. The molecular weight excluding hydrogens is 523 g/mol. The number of nitrogens with one attached hydrogen (secondary N) is 3. The van der Waals surface area contributed by atoms with E-state index in [1.54, 1.807) is 30.6 Å². The lowest BCUT2D eigenvalue weighted by atomic mass is 9.99. The molecule has 2 aliphatic rings. The van der Waals surface area contributed by atoms with E-state index in [1.807, 2.05) is 24.2 Å². The van der Waals surface area contributed by atoms with Crippen LogP contribution in [0, 0.1) is 12.8 Å². The average Bonchev–Trinajstić information content (AvgIpc) is 3.44. The van der Waals surface area contributed by atoms with Crippen LogP contribution in [0.25, 0.3) is 5.57 Å². The molecule has 0 aliphatic carbocycles. The number of nitrogens with zero attached hydrogens (tertiary/aromatic N) is 2. The molecule has 0 spiro atoms. The van der Waals surface area contributed by atoms with Gasteiger partial charge in [0, 0.05) is 61.1 Å². The number of halogens is 3. The number of anilines is 3. The first kappa shape index (κ1) is 27.4. The summed E-state index contributed by atoms with van der Waals surface area (Å²) in [4.78, 5) is 29.8. The summed E-state index contributed by atoms with van der Waals surface area (Å²) in [7, 11) is 0. The van der Waals surface area contributed by atoms with Crippen LogP contribution in [0.2, 0.25) is 0 Å². The van der Waals surface area contributed by atoms with Gasteiger partial charge in [0.1, 0.15) is 0 Å². The maximum Gasteiger partial charge on any atom is 0.416 e. The molecular formula is C29H28F3N5O3. The van der Waals surface area contributed by atoms with Crippen LogP contribution in [0.5, 0.6) is 0 Å². The molecule has 2 aromatic carbocycles. The van der Waals surface area contributed by atoms with E-state index in [9.17, 15) is 22.8 Å². The van der Waals surface area contributed by atoms with Gasteiger partial charge in [-0.15, -0.1) is 0 Å². The lowest BCUT2D eigenvalue weighted by Crippen LogP contribution is -2.29. The third kappa shape index (κ3) is 6.16. The fourth-order valence-electron chi connectivity index (χ4n) is 4.68. The average molecular weight is 552 g/mol. The highest BCUT2D eigenvalue weighted by molar-refractivity contribution is 6.04. The number of amides is 2. The predicted octanol–water partition coefficient (Wildman–Crippen LogP) is 5.39. The number of benzene rings is 2. The fraction of sp³-hybridized carbons (Fsp3) is 0.276. The van der Waals surface area contributed by atoms with Crippen molar-refractivity contribution in [3.8, 4) is 0 Å². The zero-order valence-corrected chi connectivity index (χ0v) is 21.7. The first-order valence-electron chi connectivity index (χ1n) is 12.8. The molecule has 40 heavy (non-hydrogen) atoms. The highest BCUT2D eigenvalue weighted by Crippen LogP contribution is 2.32. The maximum atomic E-state index is 13.1. The molecule has 0 unspecified atom stereocenters. The van der Waals surface area contributed by atoms with Crippen molar-refractivity contribution >= 4 is 34.4 Å². The van der Waals surface area contributed by atoms with Crippen molar-refractivity contribution in [1.82, 2.24) is 10.4 Å². The Morgan fingerprint density at radius 2 is 1.88 bits per heavy atom. The van der Waals surface area contributed by atoms with E-state index in [1.165, 1.54) is 12.1 Å². The second-order valence-corrected chi connectivity index (χ2v) is 9.69. The molecule has 208 valence electrons. The maximum absolute atomic E-state index is 13.1. The summed E-state index contributed by atoms with van der Waals surface area (Å²) < 4.78 is 44.6. The number of carbonyl (C=O) groups is 2. The monoisotopic (exact) mass is 551 g/mol.